The van der Waals surface area contributed by atoms with Gasteiger partial charge in [0.05, 0.1) is 6.04 Å². The van der Waals surface area contributed by atoms with E-state index in [1.54, 1.807) is 23.1 Å². The molecule has 0 saturated carbocycles. The first-order valence-electron chi connectivity index (χ1n) is 8.70. The topological polar surface area (TPSA) is 93.9 Å². The maximum absolute atomic E-state index is 12.5. The van der Waals surface area contributed by atoms with Crippen LogP contribution in [0, 0.1) is 11.8 Å². The Bertz CT molecular complexity index is 654. The lowest BCUT2D eigenvalue weighted by Crippen LogP contribution is -2.50. The predicted molar refractivity (Wildman–Crippen MR) is 93.3 cm³/mol. The van der Waals surface area contributed by atoms with Crippen molar-refractivity contribution in [2.24, 2.45) is 17.6 Å². The zero-order chi connectivity index (χ0) is 18.0. The highest BCUT2D eigenvalue weighted by molar-refractivity contribution is 5.93. The van der Waals surface area contributed by atoms with Crippen LogP contribution in [0.1, 0.15) is 26.7 Å². The Morgan fingerprint density at radius 3 is 2.56 bits per heavy atom. The van der Waals surface area contributed by atoms with Crippen LogP contribution in [0.25, 0.3) is 0 Å². The molecule has 3 rings (SSSR count). The van der Waals surface area contributed by atoms with E-state index < -0.39 is 6.04 Å². The number of nitrogens with one attached hydrogen (secondary N) is 1. The summed E-state index contributed by atoms with van der Waals surface area (Å²) in [5, 5.41) is 2.92. The van der Waals surface area contributed by atoms with Crippen molar-refractivity contribution in [3.05, 3.63) is 18.2 Å². The molecule has 1 saturated heterocycles. The van der Waals surface area contributed by atoms with Crippen molar-refractivity contribution in [1.29, 1.82) is 0 Å². The summed E-state index contributed by atoms with van der Waals surface area (Å²) in [5.74, 6) is 1.28. The van der Waals surface area contributed by atoms with Gasteiger partial charge in [-0.2, -0.15) is 0 Å². The molecule has 0 unspecified atom stereocenters. The summed E-state index contributed by atoms with van der Waals surface area (Å²) in [5.41, 5.74) is 6.63. The van der Waals surface area contributed by atoms with Crippen molar-refractivity contribution in [2.45, 2.75) is 32.7 Å². The number of carbonyl (C=O) groups excluding carboxylic acids is 2. The largest absolute Gasteiger partial charge is 0.454 e. The number of benzene rings is 1. The molecule has 0 spiro atoms. The first-order chi connectivity index (χ1) is 12.0. The number of nitrogens with two attached hydrogens (primary N) is 1. The number of rotatable bonds is 4. The van der Waals surface area contributed by atoms with Gasteiger partial charge in [-0.25, -0.2) is 0 Å². The fourth-order valence-corrected chi connectivity index (χ4v) is 3.08. The molecule has 2 aliphatic heterocycles. The van der Waals surface area contributed by atoms with Crippen LogP contribution in [0.15, 0.2) is 18.2 Å². The molecule has 1 aromatic carbocycles. The Labute approximate surface area is 147 Å². The highest BCUT2D eigenvalue weighted by Gasteiger charge is 2.30. The first-order valence-corrected chi connectivity index (χ1v) is 8.70. The molecule has 0 aliphatic carbocycles. The predicted octanol–water partition coefficient (Wildman–Crippen LogP) is 1.58. The van der Waals surface area contributed by atoms with Crippen molar-refractivity contribution in [1.82, 2.24) is 4.90 Å². The molecule has 2 heterocycles. The Balaban J connectivity index is 1.52. The summed E-state index contributed by atoms with van der Waals surface area (Å²) < 4.78 is 10.6. The summed E-state index contributed by atoms with van der Waals surface area (Å²) in [6, 6.07) is 4.87. The molecule has 0 bridgehead atoms. The van der Waals surface area contributed by atoms with Gasteiger partial charge in [-0.1, -0.05) is 13.8 Å². The van der Waals surface area contributed by atoms with E-state index in [1.807, 2.05) is 13.8 Å². The summed E-state index contributed by atoms with van der Waals surface area (Å²) >= 11 is 0. The Morgan fingerprint density at radius 1 is 1.20 bits per heavy atom. The van der Waals surface area contributed by atoms with E-state index in [4.69, 9.17) is 15.2 Å². The van der Waals surface area contributed by atoms with Gasteiger partial charge in [-0.05, 0) is 30.9 Å². The molecular formula is C18H25N3O4. The number of piperidine rings is 1. The van der Waals surface area contributed by atoms with Gasteiger partial charge in [0.15, 0.2) is 11.5 Å². The summed E-state index contributed by atoms with van der Waals surface area (Å²) in [6.07, 6.45) is 1.29. The Morgan fingerprint density at radius 2 is 1.88 bits per heavy atom. The van der Waals surface area contributed by atoms with Crippen LogP contribution in [0.3, 0.4) is 0 Å². The highest BCUT2D eigenvalue weighted by atomic mass is 16.7. The molecule has 1 aromatic rings. The fraction of sp³-hybridized carbons (Fsp3) is 0.556. The van der Waals surface area contributed by atoms with Crippen molar-refractivity contribution in [3.8, 4) is 11.5 Å². The lowest BCUT2D eigenvalue weighted by atomic mass is 9.94. The van der Waals surface area contributed by atoms with Crippen molar-refractivity contribution in [3.63, 3.8) is 0 Å². The third-order valence-corrected chi connectivity index (χ3v) is 4.82. The monoisotopic (exact) mass is 347 g/mol. The summed E-state index contributed by atoms with van der Waals surface area (Å²) in [6.45, 7) is 5.22. The molecule has 1 fully saturated rings. The third kappa shape index (κ3) is 3.87. The minimum Gasteiger partial charge on any atom is -0.454 e. The second-order valence-electron chi connectivity index (χ2n) is 6.93. The molecule has 0 aromatic heterocycles. The van der Waals surface area contributed by atoms with E-state index in [-0.39, 0.29) is 30.4 Å². The van der Waals surface area contributed by atoms with Crippen LogP contribution in [-0.4, -0.2) is 42.6 Å². The molecule has 136 valence electrons. The number of nitrogens with zero attached hydrogens (tertiary/aromatic N) is 1. The molecule has 2 amide bonds. The van der Waals surface area contributed by atoms with E-state index in [0.29, 0.717) is 43.1 Å². The number of carbonyl (C=O) groups is 2. The molecule has 7 nitrogen and oxygen atoms in total. The number of ether oxygens (including phenoxy) is 2. The van der Waals surface area contributed by atoms with Gasteiger partial charge in [-0.3, -0.25) is 9.59 Å². The van der Waals surface area contributed by atoms with Gasteiger partial charge in [0, 0.05) is 30.8 Å². The minimum absolute atomic E-state index is 0.0235. The third-order valence-electron chi connectivity index (χ3n) is 4.82. The van der Waals surface area contributed by atoms with E-state index in [1.165, 1.54) is 0 Å². The second-order valence-corrected chi connectivity index (χ2v) is 6.93. The zero-order valence-electron chi connectivity index (χ0n) is 14.7. The first kappa shape index (κ1) is 17.5. The van der Waals surface area contributed by atoms with Gasteiger partial charge < -0.3 is 25.4 Å². The Hall–Kier alpha value is -2.28. The molecule has 25 heavy (non-hydrogen) atoms. The van der Waals surface area contributed by atoms with Gasteiger partial charge in [0.25, 0.3) is 0 Å². The van der Waals surface area contributed by atoms with Crippen molar-refractivity contribution < 1.29 is 19.1 Å². The van der Waals surface area contributed by atoms with Crippen LogP contribution >= 0.6 is 0 Å². The van der Waals surface area contributed by atoms with Gasteiger partial charge in [0.1, 0.15) is 0 Å². The van der Waals surface area contributed by atoms with E-state index >= 15 is 0 Å². The average molecular weight is 347 g/mol. The SMILES string of the molecule is CC(C)[C@H](N)C(=O)N1CCC(C(=O)Nc2ccc3c(c2)OCO3)CC1. The molecule has 2 aliphatic rings. The fourth-order valence-electron chi connectivity index (χ4n) is 3.08. The van der Waals surface area contributed by atoms with Gasteiger partial charge in [-0.15, -0.1) is 0 Å². The lowest BCUT2D eigenvalue weighted by Gasteiger charge is -2.33. The standard InChI is InChI=1S/C18H25N3O4/c1-11(2)16(19)18(23)21-7-5-12(6-8-21)17(22)20-13-3-4-14-15(9-13)25-10-24-14/h3-4,9,11-12,16H,5-8,10,19H2,1-2H3,(H,20,22)/t16-/m0/s1. The maximum atomic E-state index is 12.5. The van der Waals surface area contributed by atoms with Gasteiger partial charge >= 0.3 is 0 Å². The van der Waals surface area contributed by atoms with Crippen LogP contribution in [0.2, 0.25) is 0 Å². The normalized spacial score (nSPS) is 18.3. The number of hydrogen-bond acceptors (Lipinski definition) is 5. The number of fused-ring (bicyclic) bond motifs is 1. The lowest BCUT2D eigenvalue weighted by molar-refractivity contribution is -0.136. The van der Waals surface area contributed by atoms with E-state index in [2.05, 4.69) is 5.32 Å². The molecule has 7 heteroatoms. The summed E-state index contributed by atoms with van der Waals surface area (Å²) in [4.78, 5) is 26.5. The number of hydrogen-bond donors (Lipinski definition) is 2. The van der Waals surface area contributed by atoms with E-state index in [9.17, 15) is 9.59 Å². The Kier molecular flexibility index (Phi) is 5.13. The summed E-state index contributed by atoms with van der Waals surface area (Å²) in [7, 11) is 0. The number of anilines is 1. The van der Waals surface area contributed by atoms with Crippen LogP contribution < -0.4 is 20.5 Å². The quantitative estimate of drug-likeness (QED) is 0.862. The van der Waals surface area contributed by atoms with Crippen molar-refractivity contribution in [2.75, 3.05) is 25.2 Å². The van der Waals surface area contributed by atoms with Crippen LogP contribution in [0.4, 0.5) is 5.69 Å². The maximum Gasteiger partial charge on any atom is 0.239 e. The van der Waals surface area contributed by atoms with E-state index in [0.717, 1.165) is 0 Å². The van der Waals surface area contributed by atoms with Crippen LogP contribution in [0.5, 0.6) is 11.5 Å². The number of amides is 2. The molecular weight excluding hydrogens is 322 g/mol. The molecule has 3 N–H and O–H groups in total. The smallest absolute Gasteiger partial charge is 0.239 e. The number of likely N-dealkylation sites (tertiary alicyclic amines) is 1. The van der Waals surface area contributed by atoms with Crippen LogP contribution in [-0.2, 0) is 9.59 Å². The highest BCUT2D eigenvalue weighted by Crippen LogP contribution is 2.34. The molecule has 0 radical (unpaired) electrons. The van der Waals surface area contributed by atoms with Gasteiger partial charge in [0.2, 0.25) is 18.6 Å². The minimum atomic E-state index is -0.473. The zero-order valence-corrected chi connectivity index (χ0v) is 14.7. The second kappa shape index (κ2) is 7.31. The average Bonchev–Trinajstić information content (AvgIpc) is 3.08. The molecule has 1 atom stereocenters. The van der Waals surface area contributed by atoms with Crippen molar-refractivity contribution >= 4 is 17.5 Å².